The largest absolute Gasteiger partial charge is 0.355 e. The molecule has 1 aliphatic carbocycles. The Morgan fingerprint density at radius 2 is 2.05 bits per heavy atom. The fourth-order valence-electron chi connectivity index (χ4n) is 3.17. The third kappa shape index (κ3) is 4.18. The molecular formula is C15H29N3O. The lowest BCUT2D eigenvalue weighted by atomic mass is 9.66. The molecule has 0 aromatic heterocycles. The number of carbonyl (C=O) groups excluding carboxylic acids is 1. The van der Waals surface area contributed by atoms with Crippen LogP contribution in [0, 0.1) is 11.3 Å². The number of nitrogens with zero attached hydrogens (tertiary/aromatic N) is 1. The van der Waals surface area contributed by atoms with Crippen LogP contribution in [0.4, 0.5) is 0 Å². The van der Waals surface area contributed by atoms with Crippen LogP contribution in [-0.4, -0.2) is 43.5 Å². The van der Waals surface area contributed by atoms with E-state index in [4.69, 9.17) is 5.73 Å². The molecule has 19 heavy (non-hydrogen) atoms. The summed E-state index contributed by atoms with van der Waals surface area (Å²) in [5.41, 5.74) is 5.92. The molecule has 1 heterocycles. The monoisotopic (exact) mass is 267 g/mol. The summed E-state index contributed by atoms with van der Waals surface area (Å²) in [6, 6.07) is 0. The molecule has 2 aliphatic rings. The SMILES string of the molecule is CC1CCN(CCNC(=O)CC2(CN)CCC2)CC1. The van der Waals surface area contributed by atoms with E-state index >= 15 is 0 Å². The first kappa shape index (κ1) is 14.8. The minimum atomic E-state index is 0.130. The number of carbonyl (C=O) groups is 1. The van der Waals surface area contributed by atoms with Gasteiger partial charge in [0.1, 0.15) is 0 Å². The molecular weight excluding hydrogens is 238 g/mol. The molecule has 0 aromatic carbocycles. The molecule has 0 spiro atoms. The highest BCUT2D eigenvalue weighted by atomic mass is 16.1. The first-order chi connectivity index (χ1) is 9.13. The van der Waals surface area contributed by atoms with Gasteiger partial charge in [-0.1, -0.05) is 13.3 Å². The van der Waals surface area contributed by atoms with Crippen LogP contribution >= 0.6 is 0 Å². The van der Waals surface area contributed by atoms with Crippen LogP contribution in [0.5, 0.6) is 0 Å². The van der Waals surface area contributed by atoms with Crippen molar-refractivity contribution in [1.82, 2.24) is 10.2 Å². The minimum Gasteiger partial charge on any atom is -0.355 e. The van der Waals surface area contributed by atoms with E-state index < -0.39 is 0 Å². The molecule has 2 fully saturated rings. The number of hydrogen-bond donors (Lipinski definition) is 2. The molecule has 2 rings (SSSR count). The maximum absolute atomic E-state index is 11.9. The number of piperidine rings is 1. The lowest BCUT2D eigenvalue weighted by molar-refractivity contribution is -0.124. The summed E-state index contributed by atoms with van der Waals surface area (Å²) in [7, 11) is 0. The molecule has 0 radical (unpaired) electrons. The van der Waals surface area contributed by atoms with Gasteiger partial charge >= 0.3 is 0 Å². The van der Waals surface area contributed by atoms with Gasteiger partial charge in [0.25, 0.3) is 0 Å². The minimum absolute atomic E-state index is 0.130. The quantitative estimate of drug-likeness (QED) is 0.764. The van der Waals surface area contributed by atoms with E-state index in [-0.39, 0.29) is 11.3 Å². The van der Waals surface area contributed by atoms with Gasteiger partial charge in [-0.05, 0) is 56.7 Å². The van der Waals surface area contributed by atoms with Crippen LogP contribution in [-0.2, 0) is 4.79 Å². The average Bonchev–Trinajstić information content (AvgIpc) is 2.36. The van der Waals surface area contributed by atoms with E-state index in [1.165, 1.54) is 32.4 Å². The van der Waals surface area contributed by atoms with Gasteiger partial charge in [0.15, 0.2) is 0 Å². The van der Waals surface area contributed by atoms with Crippen LogP contribution in [0.1, 0.15) is 45.4 Å². The number of rotatable bonds is 6. The molecule has 1 aliphatic heterocycles. The number of amides is 1. The fourth-order valence-corrected chi connectivity index (χ4v) is 3.17. The zero-order valence-corrected chi connectivity index (χ0v) is 12.3. The third-order valence-corrected chi connectivity index (χ3v) is 5.01. The van der Waals surface area contributed by atoms with Gasteiger partial charge in [-0.25, -0.2) is 0 Å². The molecule has 0 bridgehead atoms. The van der Waals surface area contributed by atoms with E-state index in [9.17, 15) is 4.79 Å². The van der Waals surface area contributed by atoms with Crippen LogP contribution < -0.4 is 11.1 Å². The molecule has 0 atom stereocenters. The van der Waals surface area contributed by atoms with Crippen molar-refractivity contribution < 1.29 is 4.79 Å². The van der Waals surface area contributed by atoms with Gasteiger partial charge in [0, 0.05) is 19.5 Å². The molecule has 3 N–H and O–H groups in total. The summed E-state index contributed by atoms with van der Waals surface area (Å²) >= 11 is 0. The molecule has 1 saturated heterocycles. The van der Waals surface area contributed by atoms with Crippen molar-refractivity contribution in [2.75, 3.05) is 32.7 Å². The summed E-state index contributed by atoms with van der Waals surface area (Å²) in [4.78, 5) is 14.4. The second-order valence-corrected chi connectivity index (χ2v) is 6.61. The average molecular weight is 267 g/mol. The van der Waals surface area contributed by atoms with Gasteiger partial charge in [-0.15, -0.1) is 0 Å². The summed E-state index contributed by atoms with van der Waals surface area (Å²) < 4.78 is 0. The standard InChI is InChI=1S/C15H29N3O/c1-13-3-8-18(9-4-13)10-7-17-14(19)11-15(12-16)5-2-6-15/h13H,2-12,16H2,1H3,(H,17,19). The Kier molecular flexibility index (Phi) is 5.22. The highest BCUT2D eigenvalue weighted by Crippen LogP contribution is 2.42. The van der Waals surface area contributed by atoms with Gasteiger partial charge in [0.2, 0.25) is 5.91 Å². The van der Waals surface area contributed by atoms with Crippen molar-refractivity contribution in [2.45, 2.75) is 45.4 Å². The lowest BCUT2D eigenvalue weighted by Gasteiger charge is -2.40. The number of nitrogens with one attached hydrogen (secondary N) is 1. The van der Waals surface area contributed by atoms with Gasteiger partial charge in [0.05, 0.1) is 0 Å². The van der Waals surface area contributed by atoms with Crippen molar-refractivity contribution in [3.05, 3.63) is 0 Å². The molecule has 1 saturated carbocycles. The summed E-state index contributed by atoms with van der Waals surface area (Å²) in [6.45, 7) is 7.13. The zero-order chi connectivity index (χ0) is 13.7. The molecule has 0 unspecified atom stereocenters. The van der Waals surface area contributed by atoms with Crippen LogP contribution in [0.3, 0.4) is 0 Å². The van der Waals surface area contributed by atoms with E-state index in [2.05, 4.69) is 17.1 Å². The Labute approximate surface area is 117 Å². The highest BCUT2D eigenvalue weighted by Gasteiger charge is 2.37. The summed E-state index contributed by atoms with van der Waals surface area (Å²) in [5, 5.41) is 3.06. The van der Waals surface area contributed by atoms with Gasteiger partial charge in [-0.2, -0.15) is 0 Å². The smallest absolute Gasteiger partial charge is 0.220 e. The van der Waals surface area contributed by atoms with Crippen molar-refractivity contribution in [1.29, 1.82) is 0 Å². The normalized spacial score (nSPS) is 23.9. The van der Waals surface area contributed by atoms with E-state index in [0.717, 1.165) is 31.8 Å². The second kappa shape index (κ2) is 6.71. The van der Waals surface area contributed by atoms with Crippen LogP contribution in [0.25, 0.3) is 0 Å². The Hall–Kier alpha value is -0.610. The Bertz CT molecular complexity index is 288. The number of hydrogen-bond acceptors (Lipinski definition) is 3. The van der Waals surface area contributed by atoms with Crippen molar-refractivity contribution in [3.63, 3.8) is 0 Å². The molecule has 0 aromatic rings. The Balaban J connectivity index is 1.59. The number of nitrogens with two attached hydrogens (primary N) is 1. The first-order valence-corrected chi connectivity index (χ1v) is 7.83. The fraction of sp³-hybridized carbons (Fsp3) is 0.933. The predicted octanol–water partition coefficient (Wildman–Crippen LogP) is 1.35. The van der Waals surface area contributed by atoms with Crippen LogP contribution in [0.15, 0.2) is 0 Å². The lowest BCUT2D eigenvalue weighted by Crippen LogP contribution is -2.44. The van der Waals surface area contributed by atoms with Gasteiger partial charge < -0.3 is 16.0 Å². The van der Waals surface area contributed by atoms with Crippen LogP contribution in [0.2, 0.25) is 0 Å². The summed E-state index contributed by atoms with van der Waals surface area (Å²) in [5.74, 6) is 1.06. The molecule has 110 valence electrons. The predicted molar refractivity (Wildman–Crippen MR) is 77.8 cm³/mol. The topological polar surface area (TPSA) is 58.4 Å². The highest BCUT2D eigenvalue weighted by molar-refractivity contribution is 5.76. The molecule has 4 nitrogen and oxygen atoms in total. The van der Waals surface area contributed by atoms with E-state index in [1.807, 2.05) is 0 Å². The molecule has 4 heteroatoms. The summed E-state index contributed by atoms with van der Waals surface area (Å²) in [6.07, 6.45) is 6.70. The molecule has 1 amide bonds. The van der Waals surface area contributed by atoms with E-state index in [0.29, 0.717) is 13.0 Å². The first-order valence-electron chi connectivity index (χ1n) is 7.83. The van der Waals surface area contributed by atoms with Crippen molar-refractivity contribution in [3.8, 4) is 0 Å². The second-order valence-electron chi connectivity index (χ2n) is 6.61. The maximum atomic E-state index is 11.9. The maximum Gasteiger partial charge on any atom is 0.220 e. The van der Waals surface area contributed by atoms with Crippen molar-refractivity contribution in [2.24, 2.45) is 17.1 Å². The van der Waals surface area contributed by atoms with Crippen molar-refractivity contribution >= 4 is 5.91 Å². The van der Waals surface area contributed by atoms with Gasteiger partial charge in [-0.3, -0.25) is 4.79 Å². The Morgan fingerprint density at radius 3 is 2.58 bits per heavy atom. The number of likely N-dealkylation sites (tertiary alicyclic amines) is 1. The Morgan fingerprint density at radius 1 is 1.37 bits per heavy atom. The third-order valence-electron chi connectivity index (χ3n) is 5.01. The van der Waals surface area contributed by atoms with E-state index in [1.54, 1.807) is 0 Å². The zero-order valence-electron chi connectivity index (χ0n) is 12.3.